The molecule has 2 rings (SSSR count). The van der Waals surface area contributed by atoms with E-state index in [0.717, 1.165) is 12.0 Å². The molecule has 0 amide bonds. The molecule has 0 saturated heterocycles. The molecule has 1 nitrogen and oxygen atoms in total. The fourth-order valence-corrected chi connectivity index (χ4v) is 1.68. The maximum absolute atomic E-state index is 9.58. The normalized spacial score (nSPS) is 10.2. The van der Waals surface area contributed by atoms with Gasteiger partial charge in [0.2, 0.25) is 0 Å². The first kappa shape index (κ1) is 9.78. The molecule has 15 heavy (non-hydrogen) atoms. The highest BCUT2D eigenvalue weighted by Gasteiger charge is 2.02. The van der Waals surface area contributed by atoms with Gasteiger partial charge >= 0.3 is 0 Å². The quantitative estimate of drug-likeness (QED) is 0.785. The predicted molar refractivity (Wildman–Crippen MR) is 62.1 cm³/mol. The number of aromatic hydroxyl groups is 1. The van der Waals surface area contributed by atoms with E-state index < -0.39 is 0 Å². The van der Waals surface area contributed by atoms with Crippen LogP contribution >= 0.6 is 0 Å². The molecule has 0 unspecified atom stereocenters. The zero-order valence-electron chi connectivity index (χ0n) is 8.77. The molecule has 0 fully saturated rings. The van der Waals surface area contributed by atoms with Crippen LogP contribution in [0.5, 0.6) is 5.75 Å². The van der Waals surface area contributed by atoms with Gasteiger partial charge in [-0.15, -0.1) is 0 Å². The van der Waals surface area contributed by atoms with Gasteiger partial charge in [-0.1, -0.05) is 42.5 Å². The second kappa shape index (κ2) is 4.18. The third-order valence-corrected chi connectivity index (χ3v) is 2.65. The largest absolute Gasteiger partial charge is 0.508 e. The Hall–Kier alpha value is -1.76. The Morgan fingerprint density at radius 3 is 2.40 bits per heavy atom. The minimum absolute atomic E-state index is 0.378. The number of rotatable bonds is 2. The molecule has 0 aromatic heterocycles. The molecule has 0 radical (unpaired) electrons. The molecular weight excluding hydrogens is 184 g/mol. The van der Waals surface area contributed by atoms with Gasteiger partial charge in [0.05, 0.1) is 0 Å². The van der Waals surface area contributed by atoms with Crippen molar-refractivity contribution < 1.29 is 5.11 Å². The zero-order valence-corrected chi connectivity index (χ0v) is 8.77. The van der Waals surface area contributed by atoms with Crippen LogP contribution in [0.1, 0.15) is 16.7 Å². The molecule has 1 heteroatoms. The Balaban J connectivity index is 2.29. The summed E-state index contributed by atoms with van der Waals surface area (Å²) in [5.41, 5.74) is 3.42. The van der Waals surface area contributed by atoms with Gasteiger partial charge in [0, 0.05) is 0 Å². The highest BCUT2D eigenvalue weighted by Crippen LogP contribution is 2.21. The third kappa shape index (κ3) is 2.18. The van der Waals surface area contributed by atoms with E-state index >= 15 is 0 Å². The van der Waals surface area contributed by atoms with Gasteiger partial charge in [-0.3, -0.25) is 0 Å². The summed E-state index contributed by atoms with van der Waals surface area (Å²) in [5.74, 6) is 0.378. The van der Waals surface area contributed by atoms with Gasteiger partial charge in [0.25, 0.3) is 0 Å². The van der Waals surface area contributed by atoms with Gasteiger partial charge in [-0.25, -0.2) is 0 Å². The van der Waals surface area contributed by atoms with E-state index in [-0.39, 0.29) is 0 Å². The summed E-state index contributed by atoms with van der Waals surface area (Å²) in [5, 5.41) is 9.58. The molecule has 0 aliphatic carbocycles. The Morgan fingerprint density at radius 2 is 1.67 bits per heavy atom. The molecule has 0 heterocycles. The number of benzene rings is 2. The van der Waals surface area contributed by atoms with Gasteiger partial charge in [-0.2, -0.15) is 0 Å². The molecule has 2 aromatic rings. The van der Waals surface area contributed by atoms with Crippen molar-refractivity contribution in [3.05, 3.63) is 65.2 Å². The fourth-order valence-electron chi connectivity index (χ4n) is 1.68. The van der Waals surface area contributed by atoms with Crippen molar-refractivity contribution in [2.45, 2.75) is 13.3 Å². The molecule has 1 N–H and O–H groups in total. The summed E-state index contributed by atoms with van der Waals surface area (Å²) >= 11 is 0. The van der Waals surface area contributed by atoms with E-state index in [2.05, 4.69) is 18.2 Å². The zero-order chi connectivity index (χ0) is 10.7. The molecule has 0 saturated carbocycles. The van der Waals surface area contributed by atoms with Crippen LogP contribution in [0.4, 0.5) is 0 Å². The molecule has 0 atom stereocenters. The van der Waals surface area contributed by atoms with E-state index in [1.54, 1.807) is 6.07 Å². The Bertz CT molecular complexity index is 446. The number of hydrogen-bond acceptors (Lipinski definition) is 1. The highest BCUT2D eigenvalue weighted by molar-refractivity contribution is 5.40. The lowest BCUT2D eigenvalue weighted by Crippen LogP contribution is -1.91. The van der Waals surface area contributed by atoms with E-state index in [4.69, 9.17) is 0 Å². The smallest absolute Gasteiger partial charge is 0.118 e. The van der Waals surface area contributed by atoms with Crippen LogP contribution in [0, 0.1) is 6.92 Å². The SMILES string of the molecule is Cc1c(O)cccc1Cc1ccccc1. The summed E-state index contributed by atoms with van der Waals surface area (Å²) in [4.78, 5) is 0. The maximum Gasteiger partial charge on any atom is 0.118 e. The van der Waals surface area contributed by atoms with Crippen LogP contribution in [0.3, 0.4) is 0 Å². The van der Waals surface area contributed by atoms with Crippen molar-refractivity contribution in [2.24, 2.45) is 0 Å². The van der Waals surface area contributed by atoms with Crippen molar-refractivity contribution in [1.82, 2.24) is 0 Å². The molecule has 0 aliphatic heterocycles. The van der Waals surface area contributed by atoms with Crippen molar-refractivity contribution in [2.75, 3.05) is 0 Å². The fraction of sp³-hybridized carbons (Fsp3) is 0.143. The Morgan fingerprint density at radius 1 is 0.933 bits per heavy atom. The highest BCUT2D eigenvalue weighted by atomic mass is 16.3. The Kier molecular flexibility index (Phi) is 2.72. The minimum Gasteiger partial charge on any atom is -0.508 e. The topological polar surface area (TPSA) is 20.2 Å². The first-order valence-electron chi connectivity index (χ1n) is 5.09. The molecule has 0 bridgehead atoms. The van der Waals surface area contributed by atoms with Crippen molar-refractivity contribution in [3.63, 3.8) is 0 Å². The second-order valence-corrected chi connectivity index (χ2v) is 3.72. The van der Waals surface area contributed by atoms with Crippen LogP contribution in [-0.4, -0.2) is 5.11 Å². The molecule has 2 aromatic carbocycles. The molecule has 76 valence electrons. The second-order valence-electron chi connectivity index (χ2n) is 3.72. The van der Waals surface area contributed by atoms with Crippen LogP contribution < -0.4 is 0 Å². The van der Waals surface area contributed by atoms with Crippen LogP contribution in [0.25, 0.3) is 0 Å². The van der Waals surface area contributed by atoms with Gasteiger partial charge in [0.1, 0.15) is 5.75 Å². The predicted octanol–water partition coefficient (Wildman–Crippen LogP) is 3.29. The van der Waals surface area contributed by atoms with Crippen molar-refractivity contribution in [3.8, 4) is 5.75 Å². The van der Waals surface area contributed by atoms with Crippen LogP contribution in [0.15, 0.2) is 48.5 Å². The summed E-state index contributed by atoms with van der Waals surface area (Å²) in [7, 11) is 0. The summed E-state index contributed by atoms with van der Waals surface area (Å²) in [6.45, 7) is 1.95. The van der Waals surface area contributed by atoms with Crippen LogP contribution in [0.2, 0.25) is 0 Å². The summed E-state index contributed by atoms with van der Waals surface area (Å²) < 4.78 is 0. The van der Waals surface area contributed by atoms with Crippen molar-refractivity contribution >= 4 is 0 Å². The lowest BCUT2D eigenvalue weighted by atomic mass is 10.0. The lowest BCUT2D eigenvalue weighted by Gasteiger charge is -2.07. The molecular formula is C14H14O. The summed E-state index contributed by atoms with van der Waals surface area (Å²) in [6.07, 6.45) is 0.876. The van der Waals surface area contributed by atoms with E-state index in [0.29, 0.717) is 5.75 Å². The minimum atomic E-state index is 0.378. The summed E-state index contributed by atoms with van der Waals surface area (Å²) in [6, 6.07) is 16.0. The molecule has 0 aliphatic rings. The maximum atomic E-state index is 9.58. The van der Waals surface area contributed by atoms with Crippen LogP contribution in [-0.2, 0) is 6.42 Å². The average molecular weight is 198 g/mol. The first-order valence-corrected chi connectivity index (χ1v) is 5.09. The van der Waals surface area contributed by atoms with Gasteiger partial charge in [0.15, 0.2) is 0 Å². The van der Waals surface area contributed by atoms with Crippen molar-refractivity contribution in [1.29, 1.82) is 0 Å². The van der Waals surface area contributed by atoms with Gasteiger partial charge < -0.3 is 5.11 Å². The number of phenolic OH excluding ortho intramolecular Hbond substituents is 1. The lowest BCUT2D eigenvalue weighted by molar-refractivity contribution is 0.470. The third-order valence-electron chi connectivity index (χ3n) is 2.65. The molecule has 0 spiro atoms. The number of hydrogen-bond donors (Lipinski definition) is 1. The standard InChI is InChI=1S/C14H14O/c1-11-13(8-5-9-14(11)15)10-12-6-3-2-4-7-12/h2-9,15H,10H2,1H3. The number of phenols is 1. The van der Waals surface area contributed by atoms with E-state index in [1.807, 2.05) is 31.2 Å². The average Bonchev–Trinajstić information content (AvgIpc) is 2.26. The first-order chi connectivity index (χ1) is 7.27. The van der Waals surface area contributed by atoms with E-state index in [9.17, 15) is 5.11 Å². The Labute approximate surface area is 90.0 Å². The van der Waals surface area contributed by atoms with Gasteiger partial charge in [-0.05, 0) is 36.1 Å². The monoisotopic (exact) mass is 198 g/mol. The van der Waals surface area contributed by atoms with E-state index in [1.165, 1.54) is 11.1 Å².